The standard InChI is InChI=1S/C13H20N4O3S/c1-2-21(19,20)17-7-5-11(6-8-17)16-13(18)12-4-3-10(14)9-15-12/h3-4,9,11H,2,5-8,14H2,1H3,(H,16,18). The number of nitrogens with zero attached hydrogens (tertiary/aromatic N) is 2. The lowest BCUT2D eigenvalue weighted by Gasteiger charge is -2.31. The Labute approximate surface area is 124 Å². The number of pyridine rings is 1. The number of rotatable bonds is 4. The summed E-state index contributed by atoms with van der Waals surface area (Å²) in [7, 11) is -3.14. The molecule has 21 heavy (non-hydrogen) atoms. The third-order valence-electron chi connectivity index (χ3n) is 3.57. The van der Waals surface area contributed by atoms with Crippen LogP contribution >= 0.6 is 0 Å². The van der Waals surface area contributed by atoms with Crippen LogP contribution in [0.15, 0.2) is 18.3 Å². The molecule has 0 unspecified atom stereocenters. The zero-order valence-corrected chi connectivity index (χ0v) is 12.8. The second-order valence-electron chi connectivity index (χ2n) is 5.02. The van der Waals surface area contributed by atoms with Gasteiger partial charge in [0.2, 0.25) is 10.0 Å². The average Bonchev–Trinajstić information content (AvgIpc) is 2.48. The van der Waals surface area contributed by atoms with E-state index in [1.54, 1.807) is 19.1 Å². The lowest BCUT2D eigenvalue weighted by molar-refractivity contribution is 0.0919. The molecular formula is C13H20N4O3S. The number of hydrogen-bond donors (Lipinski definition) is 2. The van der Waals surface area contributed by atoms with Crippen molar-refractivity contribution in [1.29, 1.82) is 0 Å². The van der Waals surface area contributed by atoms with Crippen LogP contribution in [-0.4, -0.2) is 48.5 Å². The van der Waals surface area contributed by atoms with E-state index in [1.807, 2.05) is 0 Å². The van der Waals surface area contributed by atoms with Gasteiger partial charge in [-0.3, -0.25) is 4.79 Å². The van der Waals surface area contributed by atoms with Gasteiger partial charge in [-0.15, -0.1) is 0 Å². The number of hydrogen-bond acceptors (Lipinski definition) is 5. The van der Waals surface area contributed by atoms with Gasteiger partial charge in [0, 0.05) is 19.1 Å². The summed E-state index contributed by atoms with van der Waals surface area (Å²) in [5, 5.41) is 2.88. The van der Waals surface area contributed by atoms with Gasteiger partial charge in [-0.05, 0) is 31.9 Å². The Hall–Kier alpha value is -1.67. The van der Waals surface area contributed by atoms with Crippen molar-refractivity contribution in [2.45, 2.75) is 25.8 Å². The molecule has 1 saturated heterocycles. The molecule has 0 aliphatic carbocycles. The second-order valence-corrected chi connectivity index (χ2v) is 7.28. The second kappa shape index (κ2) is 6.40. The molecule has 1 aliphatic heterocycles. The molecule has 1 fully saturated rings. The van der Waals surface area contributed by atoms with E-state index in [2.05, 4.69) is 10.3 Å². The molecule has 1 aromatic rings. The first-order valence-corrected chi connectivity index (χ1v) is 8.53. The number of nitrogen functional groups attached to an aromatic ring is 1. The summed E-state index contributed by atoms with van der Waals surface area (Å²) >= 11 is 0. The molecule has 8 heteroatoms. The molecule has 3 N–H and O–H groups in total. The summed E-state index contributed by atoms with van der Waals surface area (Å²) in [6.07, 6.45) is 2.66. The van der Waals surface area contributed by atoms with Crippen LogP contribution in [0.2, 0.25) is 0 Å². The first-order chi connectivity index (χ1) is 9.92. The molecule has 0 aromatic carbocycles. The van der Waals surface area contributed by atoms with E-state index in [4.69, 9.17) is 5.73 Å². The Balaban J connectivity index is 1.89. The number of anilines is 1. The zero-order valence-electron chi connectivity index (χ0n) is 11.9. The topological polar surface area (TPSA) is 105 Å². The van der Waals surface area contributed by atoms with E-state index in [-0.39, 0.29) is 17.7 Å². The van der Waals surface area contributed by atoms with Crippen LogP contribution in [-0.2, 0) is 10.0 Å². The molecule has 1 amide bonds. The highest BCUT2D eigenvalue weighted by atomic mass is 32.2. The molecular weight excluding hydrogens is 292 g/mol. The molecule has 1 aromatic heterocycles. The molecule has 0 saturated carbocycles. The fraction of sp³-hybridized carbons (Fsp3) is 0.538. The van der Waals surface area contributed by atoms with Gasteiger partial charge in [0.25, 0.3) is 5.91 Å². The lowest BCUT2D eigenvalue weighted by atomic mass is 10.1. The minimum atomic E-state index is -3.14. The normalized spacial score (nSPS) is 17.6. The van der Waals surface area contributed by atoms with Gasteiger partial charge < -0.3 is 11.1 Å². The fourth-order valence-electron chi connectivity index (χ4n) is 2.26. The van der Waals surface area contributed by atoms with Crippen LogP contribution in [0.1, 0.15) is 30.3 Å². The molecule has 0 atom stereocenters. The Morgan fingerprint density at radius 2 is 2.10 bits per heavy atom. The molecule has 0 radical (unpaired) electrons. The monoisotopic (exact) mass is 312 g/mol. The lowest BCUT2D eigenvalue weighted by Crippen LogP contribution is -2.47. The highest BCUT2D eigenvalue weighted by Gasteiger charge is 2.27. The zero-order chi connectivity index (χ0) is 15.5. The van der Waals surface area contributed by atoms with Crippen molar-refractivity contribution in [3.63, 3.8) is 0 Å². The maximum Gasteiger partial charge on any atom is 0.270 e. The summed E-state index contributed by atoms with van der Waals surface area (Å²) in [6, 6.07) is 3.17. The number of sulfonamides is 1. The number of carbonyl (C=O) groups excluding carboxylic acids is 1. The molecule has 2 rings (SSSR count). The maximum absolute atomic E-state index is 12.0. The van der Waals surface area contributed by atoms with Gasteiger partial charge in [-0.2, -0.15) is 0 Å². The number of piperidine rings is 1. The fourth-order valence-corrected chi connectivity index (χ4v) is 3.39. The van der Waals surface area contributed by atoms with Gasteiger partial charge in [0.05, 0.1) is 17.6 Å². The largest absolute Gasteiger partial charge is 0.397 e. The number of nitrogens with two attached hydrogens (primary N) is 1. The first kappa shape index (κ1) is 15.7. The number of aromatic nitrogens is 1. The van der Waals surface area contributed by atoms with Crippen LogP contribution < -0.4 is 11.1 Å². The third-order valence-corrected chi connectivity index (χ3v) is 5.45. The van der Waals surface area contributed by atoms with E-state index in [1.165, 1.54) is 10.5 Å². The highest BCUT2D eigenvalue weighted by Crippen LogP contribution is 2.15. The van der Waals surface area contributed by atoms with Gasteiger partial charge in [-0.1, -0.05) is 0 Å². The van der Waals surface area contributed by atoms with Crippen molar-refractivity contribution in [2.75, 3.05) is 24.6 Å². The first-order valence-electron chi connectivity index (χ1n) is 6.92. The Morgan fingerprint density at radius 3 is 2.62 bits per heavy atom. The molecule has 1 aliphatic rings. The molecule has 0 spiro atoms. The van der Waals surface area contributed by atoms with Gasteiger partial charge in [0.15, 0.2) is 0 Å². The van der Waals surface area contributed by atoms with Crippen molar-refractivity contribution >= 4 is 21.6 Å². The SMILES string of the molecule is CCS(=O)(=O)N1CCC(NC(=O)c2ccc(N)cn2)CC1. The Kier molecular flexibility index (Phi) is 4.79. The predicted octanol–water partition coefficient (Wildman–Crippen LogP) is 0.208. The van der Waals surface area contributed by atoms with Crippen LogP contribution in [0, 0.1) is 0 Å². The number of carbonyl (C=O) groups is 1. The molecule has 116 valence electrons. The van der Waals surface area contributed by atoms with E-state index in [9.17, 15) is 13.2 Å². The van der Waals surface area contributed by atoms with Crippen molar-refractivity contribution in [3.05, 3.63) is 24.0 Å². The van der Waals surface area contributed by atoms with Crippen molar-refractivity contribution < 1.29 is 13.2 Å². The average molecular weight is 312 g/mol. The van der Waals surface area contributed by atoms with Crippen LogP contribution in [0.3, 0.4) is 0 Å². The minimum Gasteiger partial charge on any atom is -0.397 e. The summed E-state index contributed by atoms with van der Waals surface area (Å²) < 4.78 is 25.0. The van der Waals surface area contributed by atoms with E-state index in [0.717, 1.165) is 0 Å². The van der Waals surface area contributed by atoms with Gasteiger partial charge in [-0.25, -0.2) is 17.7 Å². The predicted molar refractivity (Wildman–Crippen MR) is 80.2 cm³/mol. The molecule has 2 heterocycles. The van der Waals surface area contributed by atoms with Crippen LogP contribution in [0.5, 0.6) is 0 Å². The highest BCUT2D eigenvalue weighted by molar-refractivity contribution is 7.89. The summed E-state index contributed by atoms with van der Waals surface area (Å²) in [6.45, 7) is 2.52. The summed E-state index contributed by atoms with van der Waals surface area (Å²) in [5.74, 6) is -0.147. The minimum absolute atomic E-state index is 0.0276. The maximum atomic E-state index is 12.0. The summed E-state index contributed by atoms with van der Waals surface area (Å²) in [4.78, 5) is 16.0. The Morgan fingerprint density at radius 1 is 1.43 bits per heavy atom. The van der Waals surface area contributed by atoms with E-state index < -0.39 is 10.0 Å². The van der Waals surface area contributed by atoms with E-state index >= 15 is 0 Å². The summed E-state index contributed by atoms with van der Waals surface area (Å²) in [5.41, 5.74) is 6.34. The van der Waals surface area contributed by atoms with Gasteiger partial charge >= 0.3 is 0 Å². The number of amides is 1. The van der Waals surface area contributed by atoms with Crippen molar-refractivity contribution in [3.8, 4) is 0 Å². The Bertz CT molecular complexity index is 592. The van der Waals surface area contributed by atoms with Gasteiger partial charge in [0.1, 0.15) is 5.69 Å². The van der Waals surface area contributed by atoms with Crippen LogP contribution in [0.25, 0.3) is 0 Å². The molecule has 7 nitrogen and oxygen atoms in total. The number of nitrogens with one attached hydrogen (secondary N) is 1. The molecule has 0 bridgehead atoms. The van der Waals surface area contributed by atoms with Crippen molar-refractivity contribution in [1.82, 2.24) is 14.6 Å². The smallest absolute Gasteiger partial charge is 0.270 e. The third kappa shape index (κ3) is 3.92. The van der Waals surface area contributed by atoms with Crippen molar-refractivity contribution in [2.24, 2.45) is 0 Å². The van der Waals surface area contributed by atoms with Crippen LogP contribution in [0.4, 0.5) is 5.69 Å². The van der Waals surface area contributed by atoms with E-state index in [0.29, 0.717) is 37.3 Å². The quantitative estimate of drug-likeness (QED) is 0.826.